The Morgan fingerprint density at radius 3 is 2.47 bits per heavy atom. The van der Waals surface area contributed by atoms with Crippen LogP contribution >= 0.6 is 11.3 Å². The molecule has 0 fully saturated rings. The number of hydrogen-bond acceptors (Lipinski definition) is 4. The van der Waals surface area contributed by atoms with Crippen LogP contribution in [0.2, 0.25) is 0 Å². The third-order valence-corrected chi connectivity index (χ3v) is 6.76. The van der Waals surface area contributed by atoms with E-state index in [9.17, 15) is 4.79 Å². The molecule has 1 amide bonds. The largest absolute Gasteiger partial charge is 0.327 e. The number of hydrogen-bond donors (Lipinski definition) is 0. The molecule has 0 N–H and O–H groups in total. The zero-order chi connectivity index (χ0) is 21.0. The fourth-order valence-corrected chi connectivity index (χ4v) is 4.88. The Kier molecular flexibility index (Phi) is 4.36. The molecule has 152 valence electrons. The second-order valence-electron chi connectivity index (χ2n) is 7.83. The predicted octanol–water partition coefficient (Wildman–Crippen LogP) is 4.51. The summed E-state index contributed by atoms with van der Waals surface area (Å²) in [5.41, 5.74) is 6.36. The van der Waals surface area contributed by atoms with Crippen LogP contribution in [0.3, 0.4) is 0 Å². The minimum Gasteiger partial charge on any atom is -0.327 e. The van der Waals surface area contributed by atoms with Gasteiger partial charge in [0.05, 0.1) is 35.2 Å². The van der Waals surface area contributed by atoms with E-state index in [0.717, 1.165) is 38.3 Å². The third-order valence-electron chi connectivity index (χ3n) is 5.70. The average molecular weight is 418 g/mol. The number of aromatic nitrogens is 4. The van der Waals surface area contributed by atoms with Crippen LogP contribution in [-0.2, 0) is 13.1 Å². The van der Waals surface area contributed by atoms with Crippen LogP contribution in [0, 0.1) is 27.7 Å². The average Bonchev–Trinajstić information content (AvgIpc) is 3.46. The number of rotatable bonds is 3. The molecule has 3 aromatic heterocycles. The molecule has 0 spiro atoms. The van der Waals surface area contributed by atoms with Crippen molar-refractivity contribution in [3.63, 3.8) is 0 Å². The van der Waals surface area contributed by atoms with Gasteiger partial charge in [-0.3, -0.25) is 4.79 Å². The number of amides is 1. The summed E-state index contributed by atoms with van der Waals surface area (Å²) in [6, 6.07) is 10.4. The van der Waals surface area contributed by atoms with Crippen molar-refractivity contribution in [2.24, 2.45) is 0 Å². The number of benzene rings is 1. The third kappa shape index (κ3) is 2.97. The zero-order valence-electron chi connectivity index (χ0n) is 17.5. The molecule has 0 saturated carbocycles. The van der Waals surface area contributed by atoms with Crippen LogP contribution in [-0.4, -0.2) is 30.1 Å². The Bertz CT molecular complexity index is 1270. The molecule has 0 aliphatic carbocycles. The lowest BCUT2D eigenvalue weighted by Crippen LogP contribution is -2.26. The van der Waals surface area contributed by atoms with Gasteiger partial charge in [0.2, 0.25) is 0 Å². The molecule has 0 saturated heterocycles. The van der Waals surface area contributed by atoms with Gasteiger partial charge in [-0.15, -0.1) is 11.3 Å². The van der Waals surface area contributed by atoms with E-state index in [1.165, 1.54) is 22.5 Å². The van der Waals surface area contributed by atoms with Gasteiger partial charge in [0, 0.05) is 18.0 Å². The summed E-state index contributed by atoms with van der Waals surface area (Å²) in [7, 11) is 0. The molecule has 4 heterocycles. The van der Waals surface area contributed by atoms with Gasteiger partial charge in [-0.05, 0) is 63.1 Å². The van der Waals surface area contributed by atoms with Crippen LogP contribution < -0.4 is 0 Å². The van der Waals surface area contributed by atoms with Gasteiger partial charge < -0.3 is 9.47 Å². The molecule has 1 aromatic carbocycles. The normalized spacial score (nSPS) is 13.1. The molecule has 5 rings (SSSR count). The van der Waals surface area contributed by atoms with E-state index < -0.39 is 0 Å². The lowest BCUT2D eigenvalue weighted by atomic mass is 10.1. The Labute approximate surface area is 179 Å². The van der Waals surface area contributed by atoms with Gasteiger partial charge in [0.1, 0.15) is 10.7 Å². The van der Waals surface area contributed by atoms with Crippen LogP contribution in [0.1, 0.15) is 42.8 Å². The van der Waals surface area contributed by atoms with Crippen molar-refractivity contribution in [1.29, 1.82) is 0 Å². The monoisotopic (exact) mass is 417 g/mol. The van der Waals surface area contributed by atoms with Crippen molar-refractivity contribution in [3.05, 3.63) is 80.7 Å². The Morgan fingerprint density at radius 2 is 1.80 bits per heavy atom. The maximum absolute atomic E-state index is 13.1. The van der Waals surface area contributed by atoms with Crippen LogP contribution in [0.25, 0.3) is 11.5 Å². The van der Waals surface area contributed by atoms with E-state index in [2.05, 4.69) is 41.6 Å². The van der Waals surface area contributed by atoms with Crippen molar-refractivity contribution in [3.8, 4) is 11.5 Å². The molecule has 0 atom stereocenters. The first-order valence-corrected chi connectivity index (χ1v) is 10.8. The highest BCUT2D eigenvalue weighted by Crippen LogP contribution is 2.32. The number of aryl methyl sites for hydroxylation is 4. The van der Waals surface area contributed by atoms with Gasteiger partial charge in [-0.1, -0.05) is 6.07 Å². The van der Waals surface area contributed by atoms with Crippen LogP contribution in [0.4, 0.5) is 0 Å². The first-order chi connectivity index (χ1) is 14.4. The second-order valence-corrected chi connectivity index (χ2v) is 9.03. The summed E-state index contributed by atoms with van der Waals surface area (Å²) in [4.78, 5) is 20.1. The van der Waals surface area contributed by atoms with Crippen LogP contribution in [0.5, 0.6) is 0 Å². The summed E-state index contributed by atoms with van der Waals surface area (Å²) in [5.74, 6) is 1.03. The van der Waals surface area contributed by atoms with Crippen molar-refractivity contribution >= 4 is 17.2 Å². The fourth-order valence-electron chi connectivity index (χ4n) is 4.00. The lowest BCUT2D eigenvalue weighted by molar-refractivity contribution is 0.0753. The van der Waals surface area contributed by atoms with E-state index in [1.54, 1.807) is 0 Å². The quantitative estimate of drug-likeness (QED) is 0.493. The molecular weight excluding hydrogens is 394 g/mol. The predicted molar refractivity (Wildman–Crippen MR) is 118 cm³/mol. The summed E-state index contributed by atoms with van der Waals surface area (Å²) in [6.45, 7) is 9.12. The molecule has 30 heavy (non-hydrogen) atoms. The zero-order valence-corrected chi connectivity index (χ0v) is 18.3. The number of carbonyl (C=O) groups is 1. The van der Waals surface area contributed by atoms with E-state index >= 15 is 0 Å². The van der Waals surface area contributed by atoms with Gasteiger partial charge in [-0.2, -0.15) is 5.10 Å². The summed E-state index contributed by atoms with van der Waals surface area (Å²) in [6.07, 6.45) is 4.05. The molecule has 1 aliphatic heterocycles. The summed E-state index contributed by atoms with van der Waals surface area (Å²) >= 11 is 1.46. The first kappa shape index (κ1) is 18.8. The topological polar surface area (TPSA) is 56.0 Å². The fraction of sp³-hybridized carbons (Fsp3) is 0.261. The minimum absolute atomic E-state index is 0.0345. The van der Waals surface area contributed by atoms with Gasteiger partial charge in [-0.25, -0.2) is 9.67 Å². The second kappa shape index (κ2) is 6.95. The van der Waals surface area contributed by atoms with Crippen molar-refractivity contribution in [2.75, 3.05) is 0 Å². The number of carbonyl (C=O) groups excluding carboxylic acids is 1. The highest BCUT2D eigenvalue weighted by molar-refractivity contribution is 7.13. The molecule has 0 unspecified atom stereocenters. The van der Waals surface area contributed by atoms with Gasteiger partial charge in [0.15, 0.2) is 0 Å². The molecule has 7 heteroatoms. The summed E-state index contributed by atoms with van der Waals surface area (Å²) in [5, 5.41) is 5.85. The standard InChI is InChI=1S/C23H23N5OS/c1-14-7-8-18(11-15(14)2)28-22(26-9-5-6-10-26)19-12-27(13-20(19)25-28)23(29)21-16(3)24-17(4)30-21/h5-11H,12-13H2,1-4H3. The molecule has 0 bridgehead atoms. The maximum Gasteiger partial charge on any atom is 0.266 e. The smallest absolute Gasteiger partial charge is 0.266 e. The van der Waals surface area contributed by atoms with E-state index in [4.69, 9.17) is 5.10 Å². The van der Waals surface area contributed by atoms with Gasteiger partial charge >= 0.3 is 0 Å². The van der Waals surface area contributed by atoms with Crippen LogP contribution in [0.15, 0.2) is 42.7 Å². The van der Waals surface area contributed by atoms with Crippen molar-refractivity contribution in [2.45, 2.75) is 40.8 Å². The van der Waals surface area contributed by atoms with Crippen molar-refractivity contribution in [1.82, 2.24) is 24.2 Å². The first-order valence-electron chi connectivity index (χ1n) is 9.97. The summed E-state index contributed by atoms with van der Waals surface area (Å²) < 4.78 is 4.08. The van der Waals surface area contributed by atoms with Crippen molar-refractivity contribution < 1.29 is 4.79 Å². The van der Waals surface area contributed by atoms with E-state index in [-0.39, 0.29) is 5.91 Å². The number of thiazole rings is 1. The lowest BCUT2D eigenvalue weighted by Gasteiger charge is -2.17. The minimum atomic E-state index is 0.0345. The molecule has 6 nitrogen and oxygen atoms in total. The highest BCUT2D eigenvalue weighted by atomic mass is 32.1. The Hall–Kier alpha value is -3.19. The molecular formula is C23H23N5OS. The number of nitrogens with zero attached hydrogens (tertiary/aromatic N) is 5. The maximum atomic E-state index is 13.1. The molecule has 4 aromatic rings. The molecule has 0 radical (unpaired) electrons. The highest BCUT2D eigenvalue weighted by Gasteiger charge is 2.33. The van der Waals surface area contributed by atoms with Gasteiger partial charge in [0.25, 0.3) is 5.91 Å². The van der Waals surface area contributed by atoms with E-state index in [1.807, 2.05) is 48.0 Å². The SMILES string of the molecule is Cc1nc(C)c(C(=O)N2Cc3nn(-c4ccc(C)c(C)c4)c(-n4cccc4)c3C2)s1. The number of fused-ring (bicyclic) bond motifs is 1. The Balaban J connectivity index is 1.56. The molecule has 1 aliphatic rings. The Morgan fingerprint density at radius 1 is 1.03 bits per heavy atom. The van der Waals surface area contributed by atoms with E-state index in [0.29, 0.717) is 13.1 Å².